The zero-order valence-electron chi connectivity index (χ0n) is 11.2. The van der Waals surface area contributed by atoms with Gasteiger partial charge in [0.05, 0.1) is 16.8 Å². The van der Waals surface area contributed by atoms with Crippen molar-refractivity contribution in [2.45, 2.75) is 38.8 Å². The van der Waals surface area contributed by atoms with Gasteiger partial charge in [0.15, 0.2) is 5.65 Å². The summed E-state index contributed by atoms with van der Waals surface area (Å²) in [5.41, 5.74) is 0.268. The van der Waals surface area contributed by atoms with Crippen molar-refractivity contribution in [2.75, 3.05) is 0 Å². The van der Waals surface area contributed by atoms with Crippen molar-refractivity contribution in [1.82, 2.24) is 19.9 Å². The van der Waals surface area contributed by atoms with Crippen LogP contribution in [0.25, 0.3) is 11.2 Å². The Labute approximate surface area is 123 Å². The molecule has 0 spiro atoms. The minimum atomic E-state index is -4.16. The molecule has 1 aliphatic carbocycles. The SMILES string of the molecule is Cc1cnc2c(CCC3(C(F)(F)F)CC3)nc(Cl)nc2n1. The van der Waals surface area contributed by atoms with Gasteiger partial charge in [0.25, 0.3) is 0 Å². The molecule has 0 radical (unpaired) electrons. The molecule has 2 aromatic rings. The summed E-state index contributed by atoms with van der Waals surface area (Å²) < 4.78 is 38.9. The molecule has 4 nitrogen and oxygen atoms in total. The minimum Gasteiger partial charge on any atom is -0.249 e. The first-order valence-corrected chi connectivity index (χ1v) is 6.91. The number of nitrogens with zero attached hydrogens (tertiary/aromatic N) is 4. The Morgan fingerprint density at radius 1 is 1.24 bits per heavy atom. The van der Waals surface area contributed by atoms with E-state index in [9.17, 15) is 13.2 Å². The molecule has 0 aliphatic heterocycles. The molecule has 0 saturated heterocycles. The summed E-state index contributed by atoms with van der Waals surface area (Å²) in [4.78, 5) is 16.4. The van der Waals surface area contributed by atoms with E-state index in [4.69, 9.17) is 11.6 Å². The highest BCUT2D eigenvalue weighted by Gasteiger charge is 2.62. The molecular weight excluding hydrogens is 305 g/mol. The minimum absolute atomic E-state index is 0.00546. The van der Waals surface area contributed by atoms with E-state index in [1.165, 1.54) is 0 Å². The number of fused-ring (bicyclic) bond motifs is 1. The number of aromatic nitrogens is 4. The number of hydrogen-bond donors (Lipinski definition) is 0. The third-order valence-corrected chi connectivity index (χ3v) is 4.04. The molecule has 0 amide bonds. The maximum Gasteiger partial charge on any atom is 0.394 e. The second-order valence-electron chi connectivity index (χ2n) is 5.40. The summed E-state index contributed by atoms with van der Waals surface area (Å²) in [6.07, 6.45) is -2.11. The quantitative estimate of drug-likeness (QED) is 0.811. The van der Waals surface area contributed by atoms with E-state index in [-0.39, 0.29) is 31.0 Å². The highest BCUT2D eigenvalue weighted by atomic mass is 35.5. The number of aryl methyl sites for hydroxylation is 2. The summed E-state index contributed by atoms with van der Waals surface area (Å²) >= 11 is 5.82. The summed E-state index contributed by atoms with van der Waals surface area (Å²) in [6.45, 7) is 1.75. The van der Waals surface area contributed by atoms with Gasteiger partial charge in [-0.2, -0.15) is 18.2 Å². The molecule has 112 valence electrons. The van der Waals surface area contributed by atoms with Crippen molar-refractivity contribution in [1.29, 1.82) is 0 Å². The summed E-state index contributed by atoms with van der Waals surface area (Å²) in [6, 6.07) is 0. The summed E-state index contributed by atoms with van der Waals surface area (Å²) in [5.74, 6) is 0. The predicted molar refractivity (Wildman–Crippen MR) is 70.9 cm³/mol. The topological polar surface area (TPSA) is 51.6 Å². The number of rotatable bonds is 3. The number of alkyl halides is 3. The Morgan fingerprint density at radius 3 is 2.57 bits per heavy atom. The Kier molecular flexibility index (Phi) is 3.27. The molecule has 2 aromatic heterocycles. The molecule has 1 fully saturated rings. The van der Waals surface area contributed by atoms with Crippen LogP contribution in [-0.2, 0) is 6.42 Å². The van der Waals surface area contributed by atoms with Crippen molar-refractivity contribution in [3.8, 4) is 0 Å². The van der Waals surface area contributed by atoms with Gasteiger partial charge in [-0.1, -0.05) is 0 Å². The van der Waals surface area contributed by atoms with E-state index >= 15 is 0 Å². The molecule has 0 atom stereocenters. The molecule has 1 saturated carbocycles. The molecule has 0 unspecified atom stereocenters. The Bertz CT molecular complexity index is 692. The monoisotopic (exact) mass is 316 g/mol. The fourth-order valence-electron chi connectivity index (χ4n) is 2.38. The maximum absolute atomic E-state index is 13.0. The molecule has 21 heavy (non-hydrogen) atoms. The maximum atomic E-state index is 13.0. The van der Waals surface area contributed by atoms with Crippen molar-refractivity contribution in [3.05, 3.63) is 22.9 Å². The third kappa shape index (κ3) is 2.66. The number of hydrogen-bond acceptors (Lipinski definition) is 4. The zero-order valence-corrected chi connectivity index (χ0v) is 12.0. The summed E-state index contributed by atoms with van der Waals surface area (Å²) in [5, 5.41) is -0.0192. The van der Waals surface area contributed by atoms with Crippen molar-refractivity contribution < 1.29 is 13.2 Å². The fraction of sp³-hybridized carbons (Fsp3) is 0.538. The van der Waals surface area contributed by atoms with Crippen LogP contribution in [0, 0.1) is 12.3 Å². The van der Waals surface area contributed by atoms with Crippen molar-refractivity contribution in [2.24, 2.45) is 5.41 Å². The van der Waals surface area contributed by atoms with Crippen LogP contribution in [0.4, 0.5) is 13.2 Å². The van der Waals surface area contributed by atoms with Crippen molar-refractivity contribution in [3.63, 3.8) is 0 Å². The van der Waals surface area contributed by atoms with Gasteiger partial charge in [0, 0.05) is 6.20 Å². The van der Waals surface area contributed by atoms with Crippen molar-refractivity contribution >= 4 is 22.8 Å². The highest BCUT2D eigenvalue weighted by molar-refractivity contribution is 6.28. The molecule has 1 aliphatic rings. The largest absolute Gasteiger partial charge is 0.394 e. The second kappa shape index (κ2) is 4.76. The molecule has 0 bridgehead atoms. The first-order valence-electron chi connectivity index (χ1n) is 6.53. The average Bonchev–Trinajstić information content (AvgIpc) is 3.15. The van der Waals surface area contributed by atoms with E-state index in [0.717, 1.165) is 0 Å². The van der Waals surface area contributed by atoms with Gasteiger partial charge in [-0.15, -0.1) is 0 Å². The van der Waals surface area contributed by atoms with E-state index in [2.05, 4.69) is 19.9 Å². The predicted octanol–water partition coefficient (Wildman–Crippen LogP) is 3.66. The van der Waals surface area contributed by atoms with E-state index in [1.807, 2.05) is 0 Å². The van der Waals surface area contributed by atoms with Crippen LogP contribution in [0.15, 0.2) is 6.20 Å². The van der Waals surface area contributed by atoms with Gasteiger partial charge in [0.2, 0.25) is 5.28 Å². The highest BCUT2D eigenvalue weighted by Crippen LogP contribution is 2.60. The normalized spacial score (nSPS) is 17.2. The van der Waals surface area contributed by atoms with Gasteiger partial charge < -0.3 is 0 Å². The van der Waals surface area contributed by atoms with Gasteiger partial charge in [-0.3, -0.25) is 0 Å². The lowest BCUT2D eigenvalue weighted by atomic mass is 9.98. The molecule has 8 heteroatoms. The van der Waals surface area contributed by atoms with E-state index in [1.54, 1.807) is 13.1 Å². The van der Waals surface area contributed by atoms with Gasteiger partial charge >= 0.3 is 6.18 Å². The second-order valence-corrected chi connectivity index (χ2v) is 5.74. The molecule has 0 N–H and O–H groups in total. The molecule has 0 aromatic carbocycles. The average molecular weight is 317 g/mol. The molecule has 2 heterocycles. The standard InChI is InChI=1S/C13H12ClF3N4/c1-7-6-18-9-8(20-11(14)21-10(9)19-7)2-3-12(4-5-12)13(15,16)17/h6H,2-5H2,1H3. The van der Waals surface area contributed by atoms with Crippen LogP contribution in [0.5, 0.6) is 0 Å². The lowest BCUT2D eigenvalue weighted by Crippen LogP contribution is -2.25. The van der Waals surface area contributed by atoms with Crippen LogP contribution in [0.2, 0.25) is 5.28 Å². The van der Waals surface area contributed by atoms with Gasteiger partial charge in [0.1, 0.15) is 5.52 Å². The Hall–Kier alpha value is -1.50. The first-order chi connectivity index (χ1) is 9.81. The van der Waals surface area contributed by atoms with Crippen LogP contribution in [-0.4, -0.2) is 26.1 Å². The van der Waals surface area contributed by atoms with Gasteiger partial charge in [-0.25, -0.2) is 15.0 Å². The molecule has 3 rings (SSSR count). The van der Waals surface area contributed by atoms with E-state index < -0.39 is 11.6 Å². The third-order valence-electron chi connectivity index (χ3n) is 3.87. The Balaban J connectivity index is 1.91. The zero-order chi connectivity index (χ0) is 15.3. The molecular formula is C13H12ClF3N4. The van der Waals surface area contributed by atoms with Crippen LogP contribution in [0.3, 0.4) is 0 Å². The number of halogens is 4. The van der Waals surface area contributed by atoms with Crippen LogP contribution in [0.1, 0.15) is 30.7 Å². The lowest BCUT2D eigenvalue weighted by Gasteiger charge is -2.18. The summed E-state index contributed by atoms with van der Waals surface area (Å²) in [7, 11) is 0. The lowest BCUT2D eigenvalue weighted by molar-refractivity contribution is -0.188. The van der Waals surface area contributed by atoms with Gasteiger partial charge in [-0.05, 0) is 44.2 Å². The first kappa shape index (κ1) is 14.4. The fourth-order valence-corrected chi connectivity index (χ4v) is 2.56. The van der Waals surface area contributed by atoms with Crippen LogP contribution >= 0.6 is 11.6 Å². The smallest absolute Gasteiger partial charge is 0.249 e. The van der Waals surface area contributed by atoms with E-state index in [0.29, 0.717) is 22.6 Å². The van der Waals surface area contributed by atoms with Crippen LogP contribution < -0.4 is 0 Å². The Morgan fingerprint density at radius 2 is 1.95 bits per heavy atom.